The lowest BCUT2D eigenvalue weighted by Crippen LogP contribution is -2.24. The quantitative estimate of drug-likeness (QED) is 0.567. The van der Waals surface area contributed by atoms with E-state index in [1.165, 1.54) is 13.6 Å². The maximum absolute atomic E-state index is 6.18. The first kappa shape index (κ1) is 16.3. The van der Waals surface area contributed by atoms with Crippen molar-refractivity contribution in [2.24, 2.45) is 11.8 Å². The van der Waals surface area contributed by atoms with Crippen LogP contribution in [-0.4, -0.2) is 13.2 Å². The van der Waals surface area contributed by atoms with Gasteiger partial charge in [-0.25, -0.2) is 0 Å². The van der Waals surface area contributed by atoms with E-state index in [-0.39, 0.29) is 6.10 Å². The minimum Gasteiger partial charge on any atom is -0.497 e. The Morgan fingerprint density at radius 3 is 2.50 bits per heavy atom. The number of rotatable bonds is 5. The first-order chi connectivity index (χ1) is 9.52. The van der Waals surface area contributed by atoms with E-state index in [2.05, 4.69) is 64.5 Å². The number of hydrogen-bond acceptors (Lipinski definition) is 2. The average molecular weight is 451 g/mol. The van der Waals surface area contributed by atoms with Crippen LogP contribution in [0.3, 0.4) is 0 Å². The first-order valence-electron chi connectivity index (χ1n) is 6.81. The molecule has 0 radical (unpaired) electrons. The third-order valence-corrected chi connectivity index (χ3v) is 6.51. The molecule has 0 spiro atoms. The molecule has 0 bridgehead atoms. The molecule has 0 fully saturated rings. The summed E-state index contributed by atoms with van der Waals surface area (Å²) in [7, 11) is 1.68. The summed E-state index contributed by atoms with van der Waals surface area (Å²) in [5.74, 6) is 2.07. The van der Waals surface area contributed by atoms with Gasteiger partial charge in [-0.3, -0.25) is 0 Å². The van der Waals surface area contributed by atoms with Gasteiger partial charge in [0.1, 0.15) is 5.75 Å². The maximum atomic E-state index is 6.18. The van der Waals surface area contributed by atoms with E-state index in [0.717, 1.165) is 12.2 Å². The number of methoxy groups -OCH3 is 1. The summed E-state index contributed by atoms with van der Waals surface area (Å²) < 4.78 is 14.0. The number of halogens is 2. The highest BCUT2D eigenvalue weighted by Gasteiger charge is 2.35. The molecular formula is C16H20BrIO2. The number of allylic oxidation sites excluding steroid dienone is 1. The fourth-order valence-electron chi connectivity index (χ4n) is 2.44. The lowest BCUT2D eigenvalue weighted by molar-refractivity contribution is 0.0251. The van der Waals surface area contributed by atoms with Crippen LogP contribution in [0.1, 0.15) is 25.8 Å². The van der Waals surface area contributed by atoms with Crippen molar-refractivity contribution in [1.82, 2.24) is 0 Å². The molecule has 20 heavy (non-hydrogen) atoms. The topological polar surface area (TPSA) is 18.5 Å². The van der Waals surface area contributed by atoms with Crippen LogP contribution in [0.2, 0.25) is 0 Å². The summed E-state index contributed by atoms with van der Waals surface area (Å²) >= 11 is 6.08. The predicted molar refractivity (Wildman–Crippen MR) is 94.5 cm³/mol. The van der Waals surface area contributed by atoms with Gasteiger partial charge in [0.2, 0.25) is 0 Å². The highest BCUT2D eigenvalue weighted by atomic mass is 127. The van der Waals surface area contributed by atoms with Crippen molar-refractivity contribution in [3.63, 3.8) is 0 Å². The van der Waals surface area contributed by atoms with Gasteiger partial charge in [0.25, 0.3) is 0 Å². The van der Waals surface area contributed by atoms with Gasteiger partial charge in [0.15, 0.2) is 0 Å². The van der Waals surface area contributed by atoms with Gasteiger partial charge >= 0.3 is 0 Å². The van der Waals surface area contributed by atoms with Crippen molar-refractivity contribution in [2.75, 3.05) is 7.11 Å². The van der Waals surface area contributed by atoms with E-state index in [0.29, 0.717) is 18.4 Å². The van der Waals surface area contributed by atoms with E-state index in [4.69, 9.17) is 9.47 Å². The largest absolute Gasteiger partial charge is 0.497 e. The fraction of sp³-hybridized carbons (Fsp3) is 0.500. The van der Waals surface area contributed by atoms with Gasteiger partial charge in [0, 0.05) is 8.06 Å². The SMILES string of the molecule is COc1ccc(CO[C@@H]2C(I)=C(Br)C[C@@H]2C(C)C)cc1. The Kier molecular flexibility index (Phi) is 5.93. The van der Waals surface area contributed by atoms with Gasteiger partial charge in [0.05, 0.1) is 19.8 Å². The Labute approximate surface area is 143 Å². The second kappa shape index (κ2) is 7.27. The Hall–Kier alpha value is -0.0700. The number of benzene rings is 1. The third kappa shape index (κ3) is 3.77. The average Bonchev–Trinajstić information content (AvgIpc) is 2.73. The highest BCUT2D eigenvalue weighted by Crippen LogP contribution is 2.44. The summed E-state index contributed by atoms with van der Waals surface area (Å²) in [5.41, 5.74) is 1.18. The molecular weight excluding hydrogens is 431 g/mol. The summed E-state index contributed by atoms with van der Waals surface area (Å²) in [6.45, 7) is 5.18. The molecule has 1 aliphatic carbocycles. The molecule has 2 nitrogen and oxygen atoms in total. The molecule has 0 unspecified atom stereocenters. The van der Waals surface area contributed by atoms with Crippen LogP contribution >= 0.6 is 38.5 Å². The molecule has 2 atom stereocenters. The standard InChI is InChI=1S/C16H20BrIO2/c1-10(2)13-8-14(17)15(18)16(13)20-9-11-4-6-12(19-3)7-5-11/h4-7,10,13,16H,8-9H2,1-3H3/t13-,16+/m1/s1. The Morgan fingerprint density at radius 1 is 1.30 bits per heavy atom. The zero-order valence-corrected chi connectivity index (χ0v) is 15.8. The van der Waals surface area contributed by atoms with E-state index >= 15 is 0 Å². The van der Waals surface area contributed by atoms with Crippen molar-refractivity contribution in [1.29, 1.82) is 0 Å². The van der Waals surface area contributed by atoms with Crippen molar-refractivity contribution in [2.45, 2.75) is 33.0 Å². The Bertz CT molecular complexity index is 482. The van der Waals surface area contributed by atoms with Crippen LogP contribution in [0.4, 0.5) is 0 Å². The van der Waals surface area contributed by atoms with E-state index in [1.807, 2.05) is 12.1 Å². The van der Waals surface area contributed by atoms with Gasteiger partial charge < -0.3 is 9.47 Å². The minimum absolute atomic E-state index is 0.215. The van der Waals surface area contributed by atoms with Crippen LogP contribution in [0, 0.1) is 11.8 Å². The summed E-state index contributed by atoms with van der Waals surface area (Å²) in [6, 6.07) is 8.07. The third-order valence-electron chi connectivity index (χ3n) is 3.76. The van der Waals surface area contributed by atoms with Gasteiger partial charge in [-0.2, -0.15) is 0 Å². The Morgan fingerprint density at radius 2 is 1.95 bits per heavy atom. The van der Waals surface area contributed by atoms with Crippen molar-refractivity contribution in [3.05, 3.63) is 37.9 Å². The smallest absolute Gasteiger partial charge is 0.118 e. The predicted octanol–water partition coefficient (Wildman–Crippen LogP) is 5.30. The molecule has 0 aromatic heterocycles. The second-order valence-corrected chi connectivity index (χ2v) is 7.56. The molecule has 0 heterocycles. The lowest BCUT2D eigenvalue weighted by Gasteiger charge is -2.24. The minimum atomic E-state index is 0.215. The van der Waals surface area contributed by atoms with Crippen molar-refractivity contribution in [3.8, 4) is 5.75 Å². The fourth-order valence-corrected chi connectivity index (χ4v) is 3.90. The second-order valence-electron chi connectivity index (χ2n) is 5.44. The summed E-state index contributed by atoms with van der Waals surface area (Å²) in [6.07, 6.45) is 1.30. The van der Waals surface area contributed by atoms with Crippen LogP contribution in [0.15, 0.2) is 32.3 Å². The van der Waals surface area contributed by atoms with Crippen LogP contribution in [0.25, 0.3) is 0 Å². The molecule has 0 amide bonds. The molecule has 4 heteroatoms. The normalized spacial score (nSPS) is 22.7. The molecule has 1 aromatic carbocycles. The van der Waals surface area contributed by atoms with E-state index in [1.54, 1.807) is 7.11 Å². The van der Waals surface area contributed by atoms with E-state index in [9.17, 15) is 0 Å². The molecule has 1 aliphatic rings. The van der Waals surface area contributed by atoms with Crippen molar-refractivity contribution >= 4 is 38.5 Å². The monoisotopic (exact) mass is 450 g/mol. The molecule has 0 aliphatic heterocycles. The number of hydrogen-bond donors (Lipinski definition) is 0. The van der Waals surface area contributed by atoms with Gasteiger partial charge in [-0.15, -0.1) is 0 Å². The summed E-state index contributed by atoms with van der Waals surface area (Å²) in [4.78, 5) is 0. The van der Waals surface area contributed by atoms with E-state index < -0.39 is 0 Å². The first-order valence-corrected chi connectivity index (χ1v) is 8.68. The zero-order valence-electron chi connectivity index (χ0n) is 12.0. The highest BCUT2D eigenvalue weighted by molar-refractivity contribution is 14.1. The molecule has 0 N–H and O–H groups in total. The maximum Gasteiger partial charge on any atom is 0.118 e. The van der Waals surface area contributed by atoms with Crippen LogP contribution in [0.5, 0.6) is 5.75 Å². The molecule has 0 saturated carbocycles. The zero-order chi connectivity index (χ0) is 14.7. The van der Waals surface area contributed by atoms with Crippen molar-refractivity contribution < 1.29 is 9.47 Å². The molecule has 0 saturated heterocycles. The number of ether oxygens (including phenoxy) is 2. The molecule has 2 rings (SSSR count). The lowest BCUT2D eigenvalue weighted by atomic mass is 9.92. The summed E-state index contributed by atoms with van der Waals surface area (Å²) in [5, 5.41) is 0. The Balaban J connectivity index is 2.00. The van der Waals surface area contributed by atoms with Gasteiger partial charge in [-0.1, -0.05) is 41.9 Å². The van der Waals surface area contributed by atoms with Gasteiger partial charge in [-0.05, 0) is 58.5 Å². The molecule has 110 valence electrons. The van der Waals surface area contributed by atoms with Crippen LogP contribution in [-0.2, 0) is 11.3 Å². The van der Waals surface area contributed by atoms with Crippen LogP contribution < -0.4 is 4.74 Å². The molecule has 1 aromatic rings.